The van der Waals surface area contributed by atoms with Gasteiger partial charge in [-0.05, 0) is 18.8 Å². The van der Waals surface area contributed by atoms with Crippen LogP contribution < -0.4 is 22.5 Å². The van der Waals surface area contributed by atoms with E-state index in [0.29, 0.717) is 0 Å². The highest BCUT2D eigenvalue weighted by atomic mass is 16.7. The Labute approximate surface area is 251 Å². The molecule has 43 heavy (non-hydrogen) atoms. The number of carbonyl (C=O) groups excluding carboxylic acids is 3. The zero-order valence-corrected chi connectivity index (χ0v) is 25.4. The lowest BCUT2D eigenvalue weighted by atomic mass is 9.81. The van der Waals surface area contributed by atoms with Gasteiger partial charge in [0.2, 0.25) is 17.7 Å². The molecular weight excluding hydrogens is 568 g/mol. The predicted molar refractivity (Wildman–Crippen MR) is 152 cm³/mol. The minimum Gasteiger partial charge on any atom is -0.393 e. The van der Waals surface area contributed by atoms with E-state index in [-0.39, 0.29) is 24.7 Å². The van der Waals surface area contributed by atoms with Gasteiger partial charge < -0.3 is 62.3 Å². The Morgan fingerprint density at radius 1 is 1.09 bits per heavy atom. The lowest BCUT2D eigenvalue weighted by Gasteiger charge is -2.46. The van der Waals surface area contributed by atoms with Crippen molar-refractivity contribution in [3.8, 4) is 0 Å². The predicted octanol–water partition coefficient (Wildman–Crippen LogP) is -2.53. The van der Waals surface area contributed by atoms with E-state index in [1.165, 1.54) is 0 Å². The Balaban J connectivity index is 2.44. The number of primary amides is 2. The van der Waals surface area contributed by atoms with Gasteiger partial charge in [0, 0.05) is 19.3 Å². The highest BCUT2D eigenvalue weighted by Gasteiger charge is 2.51. The molecule has 0 spiro atoms. The molecule has 2 aliphatic rings. The summed E-state index contributed by atoms with van der Waals surface area (Å²) in [5.74, 6) is -6.47. The third kappa shape index (κ3) is 10.4. The van der Waals surface area contributed by atoms with Crippen molar-refractivity contribution in [1.82, 2.24) is 5.32 Å². The first-order valence-corrected chi connectivity index (χ1v) is 14.6. The zero-order valence-electron chi connectivity index (χ0n) is 25.4. The summed E-state index contributed by atoms with van der Waals surface area (Å²) in [5.41, 5.74) is 16.5. The van der Waals surface area contributed by atoms with Crippen LogP contribution in [-0.4, -0.2) is 110 Å². The fourth-order valence-corrected chi connectivity index (χ4v) is 5.14. The molecule has 2 heterocycles. The molecule has 2 rings (SSSR count). The van der Waals surface area contributed by atoms with Gasteiger partial charge in [-0.1, -0.05) is 39.8 Å². The van der Waals surface area contributed by atoms with Crippen LogP contribution in [0.1, 0.15) is 60.3 Å². The maximum Gasteiger partial charge on any atom is 0.240 e. The van der Waals surface area contributed by atoms with Crippen molar-refractivity contribution in [1.29, 1.82) is 0 Å². The molecule has 0 aromatic carbocycles. The number of hydrogen-bond donors (Lipinski definition) is 9. The van der Waals surface area contributed by atoms with Crippen molar-refractivity contribution >= 4 is 17.7 Å². The average molecular weight is 619 g/mol. The molecule has 0 aromatic rings. The number of aliphatic hydroxyl groups excluding tert-OH is 4. The number of nitrogens with one attached hydrogen (secondary N) is 1. The number of aliphatic hydroxyl groups is 5. The molecule has 3 amide bonds. The van der Waals surface area contributed by atoms with E-state index in [2.05, 4.69) is 5.32 Å². The van der Waals surface area contributed by atoms with Gasteiger partial charge in [-0.3, -0.25) is 14.4 Å². The van der Waals surface area contributed by atoms with E-state index in [0.717, 1.165) is 0 Å². The zero-order chi connectivity index (χ0) is 32.8. The molecule has 12 N–H and O–H groups in total. The van der Waals surface area contributed by atoms with Gasteiger partial charge in [0.15, 0.2) is 12.1 Å². The van der Waals surface area contributed by atoms with Gasteiger partial charge in [0.1, 0.15) is 12.1 Å². The van der Waals surface area contributed by atoms with Gasteiger partial charge in [-0.25, -0.2) is 0 Å². The maximum atomic E-state index is 13.5. The number of carbonyl (C=O) groups is 3. The quantitative estimate of drug-likeness (QED) is 0.0913. The van der Waals surface area contributed by atoms with Gasteiger partial charge in [-0.15, -0.1) is 0 Å². The summed E-state index contributed by atoms with van der Waals surface area (Å²) >= 11 is 0. The van der Waals surface area contributed by atoms with E-state index in [9.17, 15) is 39.9 Å². The fourth-order valence-electron chi connectivity index (χ4n) is 5.14. The molecule has 0 aliphatic carbocycles. The van der Waals surface area contributed by atoms with Crippen LogP contribution in [0.2, 0.25) is 0 Å². The minimum atomic E-state index is -2.05. The standard InChI is InChI=1S/C28H50N4O11/c1-12(2)6-7-15(42-27-24(37)22(30)23(36)14(5)41-27)8-19-21(26(39)32-16(25(31)38)9-20(29)35)18(34)11-28(40,43-19)10-17(33)13(3)4/h6-7,12-19,21-24,27,33-34,36-37,40H,8-11,30H2,1-5H3,(H2,29,35)(H2,31,38)(H,32,39)/b7-6+/t14?,15-,16-,17+,18-,19-,21+,22?,23?,24?,27?,28+/m0/s1. The normalized spacial score (nSPS) is 35.6. The number of allylic oxidation sites excluding steroid dienone is 1. The van der Waals surface area contributed by atoms with Crippen LogP contribution in [0.4, 0.5) is 0 Å². The van der Waals surface area contributed by atoms with Crippen LogP contribution in [-0.2, 0) is 28.6 Å². The topological polar surface area (TPSA) is 270 Å². The Hall–Kier alpha value is -2.21. The van der Waals surface area contributed by atoms with E-state index < -0.39 is 103 Å². The highest BCUT2D eigenvalue weighted by Crippen LogP contribution is 2.38. The van der Waals surface area contributed by atoms with Crippen molar-refractivity contribution in [3.63, 3.8) is 0 Å². The summed E-state index contributed by atoms with van der Waals surface area (Å²) in [4.78, 5) is 36.8. The van der Waals surface area contributed by atoms with E-state index in [1.807, 2.05) is 13.8 Å². The number of rotatable bonds is 14. The molecule has 2 aliphatic heterocycles. The number of nitrogens with two attached hydrogens (primary N) is 3. The molecule has 2 saturated heterocycles. The molecule has 15 nitrogen and oxygen atoms in total. The van der Waals surface area contributed by atoms with Crippen LogP contribution in [0, 0.1) is 17.8 Å². The lowest BCUT2D eigenvalue weighted by molar-refractivity contribution is -0.307. The van der Waals surface area contributed by atoms with Crippen LogP contribution in [0.25, 0.3) is 0 Å². The molecule has 248 valence electrons. The lowest BCUT2D eigenvalue weighted by Crippen LogP contribution is -2.62. The van der Waals surface area contributed by atoms with Crippen molar-refractivity contribution in [3.05, 3.63) is 12.2 Å². The summed E-state index contributed by atoms with van der Waals surface area (Å²) in [6, 6.07) is -2.54. The van der Waals surface area contributed by atoms with Gasteiger partial charge >= 0.3 is 0 Å². The molecule has 2 fully saturated rings. The summed E-state index contributed by atoms with van der Waals surface area (Å²) < 4.78 is 17.7. The van der Waals surface area contributed by atoms with E-state index in [1.54, 1.807) is 32.9 Å². The second-order valence-corrected chi connectivity index (χ2v) is 12.4. The first-order valence-electron chi connectivity index (χ1n) is 14.6. The fraction of sp³-hybridized carbons (Fsp3) is 0.821. The molecule has 5 unspecified atom stereocenters. The first-order chi connectivity index (χ1) is 19.8. The Morgan fingerprint density at radius 3 is 2.26 bits per heavy atom. The number of ether oxygens (including phenoxy) is 3. The van der Waals surface area contributed by atoms with Crippen molar-refractivity contribution in [2.45, 2.75) is 127 Å². The Bertz CT molecular complexity index is 982. The number of amides is 3. The van der Waals surface area contributed by atoms with Crippen molar-refractivity contribution in [2.75, 3.05) is 0 Å². The third-order valence-electron chi connectivity index (χ3n) is 7.76. The molecule has 0 saturated carbocycles. The second kappa shape index (κ2) is 15.7. The van der Waals surface area contributed by atoms with Crippen molar-refractivity contribution in [2.24, 2.45) is 35.0 Å². The summed E-state index contributed by atoms with van der Waals surface area (Å²) in [7, 11) is 0. The largest absolute Gasteiger partial charge is 0.393 e. The molecule has 0 radical (unpaired) electrons. The summed E-state index contributed by atoms with van der Waals surface area (Å²) in [6.45, 7) is 8.85. The smallest absolute Gasteiger partial charge is 0.240 e. The first kappa shape index (κ1) is 37.0. The molecule has 12 atom stereocenters. The van der Waals surface area contributed by atoms with Gasteiger partial charge in [-0.2, -0.15) is 0 Å². The van der Waals surface area contributed by atoms with Crippen LogP contribution >= 0.6 is 0 Å². The highest BCUT2D eigenvalue weighted by molar-refractivity contribution is 5.91. The summed E-state index contributed by atoms with van der Waals surface area (Å²) in [6.07, 6.45) is -7.45. The van der Waals surface area contributed by atoms with Crippen molar-refractivity contribution < 1.29 is 54.1 Å². The van der Waals surface area contributed by atoms with Crippen LogP contribution in [0.15, 0.2) is 12.2 Å². The maximum absolute atomic E-state index is 13.5. The summed E-state index contributed by atoms with van der Waals surface area (Å²) in [5, 5.41) is 56.2. The molecule has 0 aromatic heterocycles. The average Bonchev–Trinajstić information content (AvgIpc) is 2.87. The Kier molecular flexibility index (Phi) is 13.5. The minimum absolute atomic E-state index is 0.0477. The van der Waals surface area contributed by atoms with Gasteiger partial charge in [0.25, 0.3) is 0 Å². The molecule has 15 heteroatoms. The third-order valence-corrected chi connectivity index (χ3v) is 7.76. The molecule has 0 bridgehead atoms. The van der Waals surface area contributed by atoms with E-state index >= 15 is 0 Å². The van der Waals surface area contributed by atoms with Crippen LogP contribution in [0.5, 0.6) is 0 Å². The van der Waals surface area contributed by atoms with Crippen LogP contribution in [0.3, 0.4) is 0 Å². The Morgan fingerprint density at radius 2 is 1.72 bits per heavy atom. The second-order valence-electron chi connectivity index (χ2n) is 12.4. The molecular formula is C28H50N4O11. The van der Waals surface area contributed by atoms with E-state index in [4.69, 9.17) is 31.4 Å². The SMILES string of the molecule is CC(C)/C=C/[C@@H](C[C@@H]1O[C@](O)(C[C@@H](O)C(C)C)C[C@H](O)[C@H]1C(=O)N[C@@H](CC(N)=O)C(N)=O)OC1OC(C)C(O)C(N)C1O. The van der Waals surface area contributed by atoms with Gasteiger partial charge in [0.05, 0.1) is 55.0 Å². The monoisotopic (exact) mass is 618 g/mol. The number of hydrogen-bond acceptors (Lipinski definition) is 12.